The molecule has 1 aliphatic rings. The second-order valence-corrected chi connectivity index (χ2v) is 3.54. The Morgan fingerprint density at radius 3 is 2.73 bits per heavy atom. The van der Waals surface area contributed by atoms with Gasteiger partial charge in [0, 0.05) is 6.04 Å². The molecule has 0 aliphatic carbocycles. The van der Waals surface area contributed by atoms with E-state index in [-0.39, 0.29) is 6.04 Å². The first-order valence-corrected chi connectivity index (χ1v) is 4.95. The second-order valence-electron chi connectivity index (χ2n) is 3.54. The summed E-state index contributed by atoms with van der Waals surface area (Å²) in [5.41, 5.74) is 6.80. The van der Waals surface area contributed by atoms with Crippen LogP contribution in [0.1, 0.15) is 18.5 Å². The Kier molecular flexibility index (Phi) is 2.68. The number of rotatable bonds is 2. The van der Waals surface area contributed by atoms with Gasteiger partial charge in [0.25, 0.3) is 0 Å². The van der Waals surface area contributed by atoms with Gasteiger partial charge in [0.2, 0.25) is 5.75 Å². The van der Waals surface area contributed by atoms with Crippen LogP contribution in [-0.2, 0) is 0 Å². The lowest BCUT2D eigenvalue weighted by atomic mass is 10.1. The van der Waals surface area contributed by atoms with Crippen LogP contribution < -0.4 is 19.9 Å². The van der Waals surface area contributed by atoms with Crippen molar-refractivity contribution in [2.45, 2.75) is 13.0 Å². The monoisotopic (exact) mass is 209 g/mol. The average Bonchev–Trinajstić information content (AvgIpc) is 2.27. The highest BCUT2D eigenvalue weighted by Crippen LogP contribution is 2.41. The molecule has 0 saturated carbocycles. The first-order valence-electron chi connectivity index (χ1n) is 4.95. The van der Waals surface area contributed by atoms with E-state index in [1.54, 1.807) is 7.11 Å². The molecule has 0 bridgehead atoms. The smallest absolute Gasteiger partial charge is 0.203 e. The van der Waals surface area contributed by atoms with Gasteiger partial charge in [0.15, 0.2) is 11.5 Å². The number of hydrogen-bond donors (Lipinski definition) is 1. The molecule has 0 fully saturated rings. The lowest BCUT2D eigenvalue weighted by Gasteiger charge is -2.22. The van der Waals surface area contributed by atoms with Gasteiger partial charge in [-0.15, -0.1) is 0 Å². The molecule has 2 N–H and O–H groups in total. The first kappa shape index (κ1) is 10.1. The highest BCUT2D eigenvalue weighted by Gasteiger charge is 2.19. The normalized spacial score (nSPS) is 15.9. The third-order valence-corrected chi connectivity index (χ3v) is 2.38. The average molecular weight is 209 g/mol. The number of hydrogen-bond acceptors (Lipinski definition) is 4. The molecule has 1 unspecified atom stereocenters. The van der Waals surface area contributed by atoms with E-state index < -0.39 is 0 Å². The summed E-state index contributed by atoms with van der Waals surface area (Å²) in [6, 6.07) is 3.74. The zero-order chi connectivity index (χ0) is 10.8. The Labute approximate surface area is 88.9 Å². The zero-order valence-electron chi connectivity index (χ0n) is 8.95. The fourth-order valence-corrected chi connectivity index (χ4v) is 1.56. The van der Waals surface area contributed by atoms with Gasteiger partial charge in [-0.1, -0.05) is 0 Å². The summed E-state index contributed by atoms with van der Waals surface area (Å²) >= 11 is 0. The first-order chi connectivity index (χ1) is 7.22. The van der Waals surface area contributed by atoms with E-state index >= 15 is 0 Å². The summed E-state index contributed by atoms with van der Waals surface area (Å²) in [4.78, 5) is 0. The molecule has 0 spiro atoms. The van der Waals surface area contributed by atoms with Crippen LogP contribution in [0.25, 0.3) is 0 Å². The van der Waals surface area contributed by atoms with Crippen molar-refractivity contribution in [1.29, 1.82) is 0 Å². The van der Waals surface area contributed by atoms with Crippen molar-refractivity contribution in [2.75, 3.05) is 20.3 Å². The van der Waals surface area contributed by atoms with Crippen LogP contribution in [0, 0.1) is 0 Å². The molecular formula is C11H15NO3. The highest BCUT2D eigenvalue weighted by molar-refractivity contribution is 5.54. The topological polar surface area (TPSA) is 53.7 Å². The Bertz CT molecular complexity index is 346. The third-order valence-electron chi connectivity index (χ3n) is 2.38. The molecule has 0 radical (unpaired) electrons. The Morgan fingerprint density at radius 2 is 2.07 bits per heavy atom. The lowest BCUT2D eigenvalue weighted by molar-refractivity contribution is 0.165. The molecular weight excluding hydrogens is 194 g/mol. The SMILES string of the molecule is COc1cc(C(C)N)cc2c1OCCO2. The van der Waals surface area contributed by atoms with E-state index in [4.69, 9.17) is 19.9 Å². The maximum Gasteiger partial charge on any atom is 0.203 e. The molecule has 82 valence electrons. The Morgan fingerprint density at radius 1 is 1.33 bits per heavy atom. The Balaban J connectivity index is 2.48. The standard InChI is InChI=1S/C11H15NO3/c1-7(12)8-5-9(13-2)11-10(6-8)14-3-4-15-11/h5-7H,3-4,12H2,1-2H3. The fourth-order valence-electron chi connectivity index (χ4n) is 1.56. The van der Waals surface area contributed by atoms with Crippen molar-refractivity contribution in [3.63, 3.8) is 0 Å². The molecule has 1 atom stereocenters. The van der Waals surface area contributed by atoms with Crippen molar-refractivity contribution in [1.82, 2.24) is 0 Å². The van der Waals surface area contributed by atoms with Gasteiger partial charge in [-0.2, -0.15) is 0 Å². The van der Waals surface area contributed by atoms with E-state index in [1.165, 1.54) is 0 Å². The predicted octanol–water partition coefficient (Wildman–Crippen LogP) is 1.49. The summed E-state index contributed by atoms with van der Waals surface area (Å²) in [5, 5.41) is 0. The summed E-state index contributed by atoms with van der Waals surface area (Å²) in [7, 11) is 1.61. The van der Waals surface area contributed by atoms with E-state index in [9.17, 15) is 0 Å². The van der Waals surface area contributed by atoms with Crippen molar-refractivity contribution >= 4 is 0 Å². The van der Waals surface area contributed by atoms with Gasteiger partial charge in [0.1, 0.15) is 13.2 Å². The number of methoxy groups -OCH3 is 1. The van der Waals surface area contributed by atoms with Gasteiger partial charge < -0.3 is 19.9 Å². The third kappa shape index (κ3) is 1.85. The molecule has 1 aromatic rings. The molecule has 15 heavy (non-hydrogen) atoms. The van der Waals surface area contributed by atoms with Crippen LogP contribution in [0.3, 0.4) is 0 Å². The van der Waals surface area contributed by atoms with Gasteiger partial charge in [-0.05, 0) is 24.6 Å². The van der Waals surface area contributed by atoms with Crippen LogP contribution in [0.5, 0.6) is 17.2 Å². The predicted molar refractivity (Wildman–Crippen MR) is 56.6 cm³/mol. The van der Waals surface area contributed by atoms with Gasteiger partial charge in [-0.3, -0.25) is 0 Å². The van der Waals surface area contributed by atoms with Gasteiger partial charge in [-0.25, -0.2) is 0 Å². The molecule has 0 aromatic heterocycles. The van der Waals surface area contributed by atoms with E-state index in [2.05, 4.69) is 0 Å². The fraction of sp³-hybridized carbons (Fsp3) is 0.455. The summed E-state index contributed by atoms with van der Waals surface area (Å²) in [6.07, 6.45) is 0. The lowest BCUT2D eigenvalue weighted by Crippen LogP contribution is -2.17. The van der Waals surface area contributed by atoms with E-state index in [0.717, 1.165) is 5.56 Å². The Hall–Kier alpha value is -1.42. The van der Waals surface area contributed by atoms with Crippen LogP contribution in [0.15, 0.2) is 12.1 Å². The maximum absolute atomic E-state index is 5.82. The molecule has 2 rings (SSSR count). The van der Waals surface area contributed by atoms with Crippen LogP contribution in [0.4, 0.5) is 0 Å². The maximum atomic E-state index is 5.82. The second kappa shape index (κ2) is 3.98. The van der Waals surface area contributed by atoms with Gasteiger partial charge in [0.05, 0.1) is 7.11 Å². The quantitative estimate of drug-likeness (QED) is 0.801. The molecule has 0 saturated heterocycles. The van der Waals surface area contributed by atoms with Crippen LogP contribution in [-0.4, -0.2) is 20.3 Å². The number of benzene rings is 1. The van der Waals surface area contributed by atoms with Crippen molar-refractivity contribution in [2.24, 2.45) is 5.73 Å². The highest BCUT2D eigenvalue weighted by atomic mass is 16.6. The number of nitrogens with two attached hydrogens (primary N) is 1. The minimum Gasteiger partial charge on any atom is -0.493 e. The summed E-state index contributed by atoms with van der Waals surface area (Å²) in [6.45, 7) is 3.05. The molecule has 0 amide bonds. The minimum atomic E-state index is -0.0465. The molecule has 4 nitrogen and oxygen atoms in total. The molecule has 1 aromatic carbocycles. The van der Waals surface area contributed by atoms with Crippen molar-refractivity contribution in [3.05, 3.63) is 17.7 Å². The van der Waals surface area contributed by atoms with Crippen molar-refractivity contribution < 1.29 is 14.2 Å². The summed E-state index contributed by atoms with van der Waals surface area (Å²) in [5.74, 6) is 2.07. The minimum absolute atomic E-state index is 0.0465. The van der Waals surface area contributed by atoms with Crippen LogP contribution in [0.2, 0.25) is 0 Å². The number of ether oxygens (including phenoxy) is 3. The molecule has 4 heteroatoms. The summed E-state index contributed by atoms with van der Waals surface area (Å²) < 4.78 is 16.2. The largest absolute Gasteiger partial charge is 0.493 e. The van der Waals surface area contributed by atoms with E-state index in [1.807, 2.05) is 19.1 Å². The zero-order valence-corrected chi connectivity index (χ0v) is 8.95. The molecule has 1 heterocycles. The van der Waals surface area contributed by atoms with Gasteiger partial charge >= 0.3 is 0 Å². The number of fused-ring (bicyclic) bond motifs is 1. The van der Waals surface area contributed by atoms with Crippen molar-refractivity contribution in [3.8, 4) is 17.2 Å². The molecule has 1 aliphatic heterocycles. The van der Waals surface area contributed by atoms with Crippen LogP contribution >= 0.6 is 0 Å². The van der Waals surface area contributed by atoms with E-state index in [0.29, 0.717) is 30.5 Å².